The van der Waals surface area contributed by atoms with Gasteiger partial charge < -0.3 is 9.13 Å². The minimum atomic E-state index is -2.66. The lowest BCUT2D eigenvalue weighted by Crippen LogP contribution is -2.74. The topological polar surface area (TPSA) is 27.7 Å². The second kappa shape index (κ2) is 14.4. The number of nitrogens with zero attached hydrogens (tertiary/aromatic N) is 4. The lowest BCUT2D eigenvalue weighted by Gasteiger charge is -2.34. The van der Waals surface area contributed by atoms with E-state index in [4.69, 9.17) is 4.98 Å². The smallest absolute Gasteiger partial charge is 0.179 e. The van der Waals surface area contributed by atoms with Gasteiger partial charge in [-0.2, -0.15) is 0 Å². The van der Waals surface area contributed by atoms with Crippen molar-refractivity contribution in [1.29, 1.82) is 0 Å². The summed E-state index contributed by atoms with van der Waals surface area (Å²) in [6.07, 6.45) is 1.89. The predicted octanol–water partition coefficient (Wildman–Crippen LogP) is 11.8. The second-order valence-corrected chi connectivity index (χ2v) is 20.5. The fraction of sp³-hybridized carbons (Fsp3) is 0. The molecule has 4 heterocycles. The van der Waals surface area contributed by atoms with E-state index < -0.39 is 8.07 Å². The predicted molar refractivity (Wildman–Crippen MR) is 271 cm³/mol. The number of fused-ring (bicyclic) bond motifs is 9. The molecule has 4 nitrogen and oxygen atoms in total. The van der Waals surface area contributed by atoms with Gasteiger partial charge in [0, 0.05) is 55.6 Å². The standard InChI is InChI=1S/C59H40N4Si/c1-4-17-44(18-5-1)64(45-19-6-2-7-20-45,46-21-8-3-9-22-46)47-34-30-41(31-35-47)61-54-27-13-11-24-49(54)52-39-42(32-36-57(52)61)62-55-28-14-12-25-50(55)53-40-43(33-37-58(53)62)63-56-29-15-10-23-48(56)51-26-16-38-60-59(51)63/h1-40H. The van der Waals surface area contributed by atoms with E-state index in [1.165, 1.54) is 69.7 Å². The molecule has 0 aliphatic rings. The molecule has 0 saturated carbocycles. The van der Waals surface area contributed by atoms with E-state index in [0.717, 1.165) is 33.6 Å². The van der Waals surface area contributed by atoms with Crippen molar-refractivity contribution < 1.29 is 0 Å². The van der Waals surface area contributed by atoms with Crippen LogP contribution in [-0.2, 0) is 0 Å². The van der Waals surface area contributed by atoms with E-state index in [2.05, 4.69) is 244 Å². The monoisotopic (exact) mass is 832 g/mol. The molecule has 13 rings (SSSR count). The fourth-order valence-corrected chi connectivity index (χ4v) is 15.5. The van der Waals surface area contributed by atoms with Gasteiger partial charge in [-0.25, -0.2) is 4.98 Å². The first kappa shape index (κ1) is 36.4. The molecule has 0 atom stereocenters. The van der Waals surface area contributed by atoms with Crippen molar-refractivity contribution in [1.82, 2.24) is 18.7 Å². The van der Waals surface area contributed by atoms with Crippen LogP contribution in [0.4, 0.5) is 0 Å². The molecule has 64 heavy (non-hydrogen) atoms. The van der Waals surface area contributed by atoms with Crippen molar-refractivity contribution in [3.05, 3.63) is 243 Å². The summed E-state index contributed by atoms with van der Waals surface area (Å²) < 4.78 is 7.17. The van der Waals surface area contributed by atoms with E-state index >= 15 is 0 Å². The Kier molecular flexibility index (Phi) is 8.20. The Labute approximate surface area is 371 Å². The van der Waals surface area contributed by atoms with Gasteiger partial charge in [-0.05, 0) is 99.6 Å². The molecule has 0 fully saturated rings. The van der Waals surface area contributed by atoms with Crippen molar-refractivity contribution in [2.24, 2.45) is 0 Å². The first-order valence-electron chi connectivity index (χ1n) is 22.0. The molecular formula is C59H40N4Si. The lowest BCUT2D eigenvalue weighted by molar-refractivity contribution is 1.13. The van der Waals surface area contributed by atoms with Crippen LogP contribution in [0.1, 0.15) is 0 Å². The Morgan fingerprint density at radius 1 is 0.266 bits per heavy atom. The van der Waals surface area contributed by atoms with Crippen LogP contribution in [0.2, 0.25) is 0 Å². The second-order valence-electron chi connectivity index (χ2n) is 16.7. The first-order chi connectivity index (χ1) is 31.8. The van der Waals surface area contributed by atoms with E-state index in [1.807, 2.05) is 12.3 Å². The number of para-hydroxylation sites is 3. The summed E-state index contributed by atoms with van der Waals surface area (Å²) in [5, 5.41) is 12.7. The van der Waals surface area contributed by atoms with E-state index in [9.17, 15) is 0 Å². The normalized spacial score (nSPS) is 12.1. The molecule has 13 aromatic rings. The third-order valence-electron chi connectivity index (χ3n) is 13.4. The lowest BCUT2D eigenvalue weighted by atomic mass is 10.1. The zero-order valence-electron chi connectivity index (χ0n) is 34.9. The summed E-state index contributed by atoms with van der Waals surface area (Å²) in [6, 6.07) is 87.2. The fourth-order valence-electron chi connectivity index (χ4n) is 10.7. The van der Waals surface area contributed by atoms with Crippen molar-refractivity contribution in [2.75, 3.05) is 0 Å². The summed E-state index contributed by atoms with van der Waals surface area (Å²) in [5.74, 6) is 0. The Hall–Kier alpha value is -8.25. The third-order valence-corrected chi connectivity index (χ3v) is 18.2. The largest absolute Gasteiger partial charge is 0.309 e. The molecule has 0 saturated heterocycles. The van der Waals surface area contributed by atoms with Crippen molar-refractivity contribution in [3.8, 4) is 17.1 Å². The van der Waals surface area contributed by atoms with Crippen molar-refractivity contribution in [2.45, 2.75) is 0 Å². The SMILES string of the molecule is c1ccc([Si](c2ccccc2)(c2ccccc2)c2ccc(-n3c4ccccc4c4cc(-n5c6ccccc6c6cc(-n7c8ccccc8c8cccnc87)ccc65)ccc43)cc2)cc1. The van der Waals surface area contributed by atoms with Gasteiger partial charge in [-0.1, -0.05) is 158 Å². The molecule has 4 aromatic heterocycles. The first-order valence-corrected chi connectivity index (χ1v) is 24.0. The Balaban J connectivity index is 0.974. The highest BCUT2D eigenvalue weighted by Gasteiger charge is 2.41. The van der Waals surface area contributed by atoms with Crippen LogP contribution in [0.5, 0.6) is 0 Å². The molecule has 0 N–H and O–H groups in total. The van der Waals surface area contributed by atoms with Crippen LogP contribution >= 0.6 is 0 Å². The van der Waals surface area contributed by atoms with Crippen LogP contribution in [0, 0.1) is 0 Å². The van der Waals surface area contributed by atoms with Gasteiger partial charge in [0.2, 0.25) is 0 Å². The van der Waals surface area contributed by atoms with Gasteiger partial charge in [0.1, 0.15) is 5.65 Å². The van der Waals surface area contributed by atoms with E-state index in [1.54, 1.807) is 0 Å². The third kappa shape index (κ3) is 5.31. The Morgan fingerprint density at radius 2 is 0.625 bits per heavy atom. The molecule has 0 unspecified atom stereocenters. The highest BCUT2D eigenvalue weighted by atomic mass is 28.3. The highest BCUT2D eigenvalue weighted by Crippen LogP contribution is 2.39. The summed E-state index contributed by atoms with van der Waals surface area (Å²) in [7, 11) is -2.66. The van der Waals surface area contributed by atoms with Crippen LogP contribution in [0.15, 0.2) is 243 Å². The highest BCUT2D eigenvalue weighted by molar-refractivity contribution is 7.19. The zero-order valence-corrected chi connectivity index (χ0v) is 35.9. The zero-order chi connectivity index (χ0) is 42.2. The molecule has 0 aliphatic carbocycles. The quantitative estimate of drug-likeness (QED) is 0.116. The molecule has 9 aromatic carbocycles. The Bertz CT molecular complexity index is 3730. The average molecular weight is 833 g/mol. The van der Waals surface area contributed by atoms with Gasteiger partial charge in [0.25, 0.3) is 0 Å². The maximum Gasteiger partial charge on any atom is 0.179 e. The van der Waals surface area contributed by atoms with Gasteiger partial charge in [-0.3, -0.25) is 4.57 Å². The summed E-state index contributed by atoms with van der Waals surface area (Å²) >= 11 is 0. The van der Waals surface area contributed by atoms with Crippen LogP contribution in [0.25, 0.3) is 82.6 Å². The maximum atomic E-state index is 4.88. The van der Waals surface area contributed by atoms with Crippen LogP contribution in [0.3, 0.4) is 0 Å². The average Bonchev–Trinajstić information content (AvgIpc) is 4.01. The number of hydrogen-bond donors (Lipinski definition) is 0. The minimum absolute atomic E-state index is 0.966. The molecule has 0 bridgehead atoms. The number of rotatable bonds is 7. The molecule has 0 amide bonds. The summed E-state index contributed by atoms with van der Waals surface area (Å²) in [6.45, 7) is 0. The molecule has 300 valence electrons. The Morgan fingerprint density at radius 3 is 1.14 bits per heavy atom. The number of aromatic nitrogens is 4. The van der Waals surface area contributed by atoms with Gasteiger partial charge in [0.15, 0.2) is 8.07 Å². The summed E-state index contributed by atoms with van der Waals surface area (Å²) in [5.41, 5.74) is 10.2. The van der Waals surface area contributed by atoms with Crippen molar-refractivity contribution >= 4 is 94.4 Å². The number of hydrogen-bond acceptors (Lipinski definition) is 1. The minimum Gasteiger partial charge on any atom is -0.309 e. The van der Waals surface area contributed by atoms with Crippen LogP contribution in [-0.4, -0.2) is 26.8 Å². The van der Waals surface area contributed by atoms with E-state index in [0.29, 0.717) is 0 Å². The molecule has 5 heteroatoms. The van der Waals surface area contributed by atoms with Crippen LogP contribution < -0.4 is 20.7 Å². The molecule has 0 radical (unpaired) electrons. The number of benzene rings is 9. The maximum absolute atomic E-state index is 4.88. The molecule has 0 spiro atoms. The summed E-state index contributed by atoms with van der Waals surface area (Å²) in [4.78, 5) is 4.88. The van der Waals surface area contributed by atoms with Gasteiger partial charge in [0.05, 0.1) is 27.6 Å². The van der Waals surface area contributed by atoms with Gasteiger partial charge >= 0.3 is 0 Å². The van der Waals surface area contributed by atoms with E-state index in [-0.39, 0.29) is 0 Å². The molecule has 0 aliphatic heterocycles. The number of pyridine rings is 1. The molecular weight excluding hydrogens is 793 g/mol. The van der Waals surface area contributed by atoms with Gasteiger partial charge in [-0.15, -0.1) is 0 Å². The van der Waals surface area contributed by atoms with Crippen molar-refractivity contribution in [3.63, 3.8) is 0 Å².